The van der Waals surface area contributed by atoms with Crippen molar-refractivity contribution in [3.05, 3.63) is 26.6 Å². The summed E-state index contributed by atoms with van der Waals surface area (Å²) in [6, 6.07) is 4.10. The van der Waals surface area contributed by atoms with E-state index in [2.05, 4.69) is 77.9 Å². The lowest BCUT2D eigenvalue weighted by Gasteiger charge is -2.33. The molecule has 1 aromatic rings. The Morgan fingerprint density at radius 3 is 2.20 bits per heavy atom. The van der Waals surface area contributed by atoms with Crippen LogP contribution in [0.25, 0.3) is 0 Å². The lowest BCUT2D eigenvalue weighted by molar-refractivity contribution is 0.240. The molecule has 1 N–H and O–H groups in total. The van der Waals surface area contributed by atoms with E-state index in [0.29, 0.717) is 5.41 Å². The predicted molar refractivity (Wildman–Crippen MR) is 93.4 cm³/mol. The second-order valence-electron chi connectivity index (χ2n) is 7.05. The van der Waals surface area contributed by atoms with Gasteiger partial charge in [-0.25, -0.2) is 0 Å². The number of ether oxygens (including phenoxy) is 1. The summed E-state index contributed by atoms with van der Waals surface area (Å²) in [5, 5.41) is 3.64. The summed E-state index contributed by atoms with van der Waals surface area (Å²) in [4.78, 5) is 0. The van der Waals surface area contributed by atoms with Gasteiger partial charge in [0.05, 0.1) is 11.6 Å². The summed E-state index contributed by atoms with van der Waals surface area (Å²) in [7, 11) is 1.71. The van der Waals surface area contributed by atoms with Crippen molar-refractivity contribution in [2.75, 3.05) is 7.11 Å². The molecule has 0 unspecified atom stereocenters. The normalized spacial score (nSPS) is 12.6. The summed E-state index contributed by atoms with van der Waals surface area (Å²) in [5.41, 5.74) is 1.53. The van der Waals surface area contributed by atoms with E-state index in [1.54, 1.807) is 7.11 Å². The largest absolute Gasteiger partial charge is 0.495 e. The van der Waals surface area contributed by atoms with Crippen LogP contribution in [-0.4, -0.2) is 12.6 Å². The topological polar surface area (TPSA) is 21.3 Å². The molecule has 0 radical (unpaired) electrons. The van der Waals surface area contributed by atoms with Crippen molar-refractivity contribution < 1.29 is 4.74 Å². The summed E-state index contributed by atoms with van der Waals surface area (Å²) < 4.78 is 7.51. The molecule has 0 atom stereocenters. The molecule has 0 fully saturated rings. The summed E-state index contributed by atoms with van der Waals surface area (Å²) >= 11 is 7.08. The first-order valence-corrected chi connectivity index (χ1v) is 8.40. The number of rotatable bonds is 5. The molecule has 4 heteroatoms. The second kappa shape index (κ2) is 6.80. The van der Waals surface area contributed by atoms with Gasteiger partial charge in [0.25, 0.3) is 0 Å². The second-order valence-corrected chi connectivity index (χ2v) is 8.82. The maximum atomic E-state index is 5.49. The van der Waals surface area contributed by atoms with Crippen LogP contribution in [0.2, 0.25) is 0 Å². The predicted octanol–water partition coefficient (Wildman–Crippen LogP) is 5.52. The third-order valence-electron chi connectivity index (χ3n) is 3.02. The fourth-order valence-corrected chi connectivity index (χ4v) is 4.17. The zero-order chi connectivity index (χ0) is 15.6. The zero-order valence-electron chi connectivity index (χ0n) is 13.2. The van der Waals surface area contributed by atoms with E-state index in [4.69, 9.17) is 4.74 Å². The molecule has 0 saturated carbocycles. The Hall–Kier alpha value is -0.0600. The lowest BCUT2D eigenvalue weighted by atomic mass is 9.82. The van der Waals surface area contributed by atoms with Crippen LogP contribution in [0.15, 0.2) is 21.1 Å². The van der Waals surface area contributed by atoms with Gasteiger partial charge in [-0.1, -0.05) is 36.7 Å². The van der Waals surface area contributed by atoms with Crippen molar-refractivity contribution >= 4 is 31.9 Å². The Morgan fingerprint density at radius 1 is 1.10 bits per heavy atom. The highest BCUT2D eigenvalue weighted by Crippen LogP contribution is 2.33. The number of methoxy groups -OCH3 is 1. The molecule has 1 rings (SSSR count). The molecule has 0 aromatic heterocycles. The molecule has 2 nitrogen and oxygen atoms in total. The van der Waals surface area contributed by atoms with E-state index in [0.717, 1.165) is 33.2 Å². The van der Waals surface area contributed by atoms with Crippen LogP contribution in [0.3, 0.4) is 0 Å². The quantitative estimate of drug-likeness (QED) is 0.694. The van der Waals surface area contributed by atoms with Crippen molar-refractivity contribution in [2.45, 2.75) is 53.1 Å². The fraction of sp³-hybridized carbons (Fsp3) is 0.625. The van der Waals surface area contributed by atoms with Crippen molar-refractivity contribution in [3.8, 4) is 5.75 Å². The molecule has 0 heterocycles. The Balaban J connectivity index is 2.84. The highest BCUT2D eigenvalue weighted by Gasteiger charge is 2.25. The fourth-order valence-electron chi connectivity index (χ4n) is 2.70. The van der Waals surface area contributed by atoms with Crippen LogP contribution >= 0.6 is 31.9 Å². The first-order chi connectivity index (χ1) is 9.04. The number of halogens is 2. The van der Waals surface area contributed by atoms with Gasteiger partial charge in [0, 0.05) is 22.1 Å². The average molecular weight is 407 g/mol. The molecule has 0 aliphatic heterocycles. The molecule has 0 aliphatic carbocycles. The van der Waals surface area contributed by atoms with Gasteiger partial charge in [-0.2, -0.15) is 0 Å². The van der Waals surface area contributed by atoms with Crippen LogP contribution in [0, 0.1) is 5.41 Å². The number of hydrogen-bond donors (Lipinski definition) is 1. The van der Waals surface area contributed by atoms with Gasteiger partial charge in [0.15, 0.2) is 0 Å². The number of nitrogens with one attached hydrogen (secondary N) is 1. The Labute approximate surface area is 139 Å². The standard InChI is InChI=1S/C16H25Br2NO/c1-15(2,3)10-16(4,5)19-9-11-7-12(17)8-13(18)14(11)20-6/h7-8,19H,9-10H2,1-6H3. The van der Waals surface area contributed by atoms with Crippen LogP contribution in [0.4, 0.5) is 0 Å². The first kappa shape index (κ1) is 18.0. The van der Waals surface area contributed by atoms with E-state index >= 15 is 0 Å². The van der Waals surface area contributed by atoms with E-state index in [9.17, 15) is 0 Å². The van der Waals surface area contributed by atoms with Crippen LogP contribution in [0.1, 0.15) is 46.6 Å². The van der Waals surface area contributed by atoms with E-state index in [1.165, 1.54) is 0 Å². The summed E-state index contributed by atoms with van der Waals surface area (Å²) in [6.45, 7) is 12.1. The van der Waals surface area contributed by atoms with Gasteiger partial charge in [-0.05, 0) is 53.7 Å². The molecule has 20 heavy (non-hydrogen) atoms. The molecule has 0 saturated heterocycles. The third-order valence-corrected chi connectivity index (χ3v) is 4.07. The molecule has 0 aliphatic rings. The Morgan fingerprint density at radius 2 is 1.70 bits per heavy atom. The van der Waals surface area contributed by atoms with Crippen LogP contribution < -0.4 is 10.1 Å². The van der Waals surface area contributed by atoms with Gasteiger partial charge in [-0.3, -0.25) is 0 Å². The Kier molecular flexibility index (Phi) is 6.12. The third kappa shape index (κ3) is 5.74. The highest BCUT2D eigenvalue weighted by atomic mass is 79.9. The monoisotopic (exact) mass is 405 g/mol. The van der Waals surface area contributed by atoms with E-state index < -0.39 is 0 Å². The average Bonchev–Trinajstić information content (AvgIpc) is 2.22. The van der Waals surface area contributed by atoms with Crippen molar-refractivity contribution in [1.82, 2.24) is 5.32 Å². The maximum Gasteiger partial charge on any atom is 0.137 e. The van der Waals surface area contributed by atoms with Crippen LogP contribution in [-0.2, 0) is 6.54 Å². The minimum absolute atomic E-state index is 0.0814. The SMILES string of the molecule is COc1c(Br)cc(Br)cc1CNC(C)(C)CC(C)(C)C. The Bertz CT molecular complexity index is 464. The first-order valence-electron chi connectivity index (χ1n) is 6.81. The van der Waals surface area contributed by atoms with E-state index in [1.807, 2.05) is 6.07 Å². The number of benzene rings is 1. The highest BCUT2D eigenvalue weighted by molar-refractivity contribution is 9.11. The zero-order valence-corrected chi connectivity index (χ0v) is 16.4. The molecular weight excluding hydrogens is 382 g/mol. The van der Waals surface area contributed by atoms with Crippen molar-refractivity contribution in [3.63, 3.8) is 0 Å². The molecule has 0 spiro atoms. The molecule has 114 valence electrons. The minimum Gasteiger partial charge on any atom is -0.495 e. The maximum absolute atomic E-state index is 5.49. The van der Waals surface area contributed by atoms with Crippen molar-refractivity contribution in [1.29, 1.82) is 0 Å². The van der Waals surface area contributed by atoms with Crippen LogP contribution in [0.5, 0.6) is 5.75 Å². The van der Waals surface area contributed by atoms with Gasteiger partial charge >= 0.3 is 0 Å². The van der Waals surface area contributed by atoms with E-state index in [-0.39, 0.29) is 5.54 Å². The van der Waals surface area contributed by atoms with Crippen molar-refractivity contribution in [2.24, 2.45) is 5.41 Å². The van der Waals surface area contributed by atoms with Gasteiger partial charge in [0.2, 0.25) is 0 Å². The number of hydrogen-bond acceptors (Lipinski definition) is 2. The molecule has 1 aromatic carbocycles. The molecular formula is C16H25Br2NO. The minimum atomic E-state index is 0.0814. The molecule has 0 amide bonds. The van der Waals surface area contributed by atoms with Gasteiger partial charge < -0.3 is 10.1 Å². The lowest BCUT2D eigenvalue weighted by Crippen LogP contribution is -2.41. The van der Waals surface area contributed by atoms with Gasteiger partial charge in [0.1, 0.15) is 5.75 Å². The molecule has 0 bridgehead atoms. The smallest absolute Gasteiger partial charge is 0.137 e. The van der Waals surface area contributed by atoms with Gasteiger partial charge in [-0.15, -0.1) is 0 Å². The summed E-state index contributed by atoms with van der Waals surface area (Å²) in [5.74, 6) is 0.896. The summed E-state index contributed by atoms with van der Waals surface area (Å²) in [6.07, 6.45) is 1.11.